The summed E-state index contributed by atoms with van der Waals surface area (Å²) in [5, 5.41) is 15.6. The largest absolute Gasteiger partial charge is 0.481 e. The monoisotopic (exact) mass is 268 g/mol. The maximum absolute atomic E-state index is 11.3. The van der Waals surface area contributed by atoms with Gasteiger partial charge in [-0.05, 0) is 24.2 Å². The molecular formula is C13H20N2O2S. The number of anilines is 1. The van der Waals surface area contributed by atoms with E-state index in [0.717, 1.165) is 18.0 Å². The molecule has 100 valence electrons. The third-order valence-corrected chi connectivity index (χ3v) is 5.19. The normalized spacial score (nSPS) is 30.9. The van der Waals surface area contributed by atoms with E-state index in [9.17, 15) is 9.90 Å². The van der Waals surface area contributed by atoms with Crippen molar-refractivity contribution in [3.05, 3.63) is 11.6 Å². The number of carboxylic acid groups (broad SMARTS) is 1. The van der Waals surface area contributed by atoms with Gasteiger partial charge in [-0.2, -0.15) is 0 Å². The average molecular weight is 268 g/mol. The van der Waals surface area contributed by atoms with Crippen molar-refractivity contribution in [2.24, 2.45) is 17.3 Å². The van der Waals surface area contributed by atoms with Gasteiger partial charge in [-0.15, -0.1) is 11.3 Å². The van der Waals surface area contributed by atoms with Gasteiger partial charge in [0.1, 0.15) is 0 Å². The number of carbonyl (C=O) groups is 1. The summed E-state index contributed by atoms with van der Waals surface area (Å²) in [6, 6.07) is 0.307. The minimum Gasteiger partial charge on any atom is -0.481 e. The molecule has 0 radical (unpaired) electrons. The Morgan fingerprint density at radius 2 is 2.28 bits per heavy atom. The summed E-state index contributed by atoms with van der Waals surface area (Å²) >= 11 is 1.59. The average Bonchev–Trinajstić information content (AvgIpc) is 2.77. The molecule has 4 nitrogen and oxygen atoms in total. The molecule has 1 heterocycles. The lowest BCUT2D eigenvalue weighted by Gasteiger charge is -2.46. The number of hydrogen-bond acceptors (Lipinski definition) is 4. The summed E-state index contributed by atoms with van der Waals surface area (Å²) in [6.45, 7) is 6.26. The van der Waals surface area contributed by atoms with Crippen LogP contribution in [0.2, 0.25) is 0 Å². The van der Waals surface area contributed by atoms with Crippen LogP contribution >= 0.6 is 11.3 Å². The number of aromatic nitrogens is 1. The summed E-state index contributed by atoms with van der Waals surface area (Å²) in [7, 11) is 0. The lowest BCUT2D eigenvalue weighted by atomic mass is 9.61. The van der Waals surface area contributed by atoms with Crippen molar-refractivity contribution < 1.29 is 9.90 Å². The van der Waals surface area contributed by atoms with E-state index in [0.29, 0.717) is 12.0 Å². The van der Waals surface area contributed by atoms with Gasteiger partial charge in [-0.25, -0.2) is 4.98 Å². The van der Waals surface area contributed by atoms with E-state index in [2.05, 4.69) is 31.1 Å². The molecule has 3 atom stereocenters. The smallest absolute Gasteiger partial charge is 0.307 e. The first-order chi connectivity index (χ1) is 8.43. The Kier molecular flexibility index (Phi) is 3.61. The van der Waals surface area contributed by atoms with Gasteiger partial charge in [0.15, 0.2) is 5.13 Å². The minimum atomic E-state index is -0.667. The van der Waals surface area contributed by atoms with Crippen molar-refractivity contribution >= 4 is 22.4 Å². The molecule has 3 unspecified atom stereocenters. The van der Waals surface area contributed by atoms with Crippen LogP contribution in [-0.2, 0) is 4.79 Å². The number of nitrogens with zero attached hydrogens (tertiary/aromatic N) is 1. The van der Waals surface area contributed by atoms with Crippen molar-refractivity contribution in [2.45, 2.75) is 39.7 Å². The van der Waals surface area contributed by atoms with Crippen molar-refractivity contribution in [3.63, 3.8) is 0 Å². The maximum atomic E-state index is 11.3. The van der Waals surface area contributed by atoms with Crippen LogP contribution < -0.4 is 5.32 Å². The first-order valence-electron chi connectivity index (χ1n) is 6.31. The Bertz CT molecular complexity index is 417. The van der Waals surface area contributed by atoms with E-state index in [1.807, 2.05) is 5.38 Å². The summed E-state index contributed by atoms with van der Waals surface area (Å²) in [5.74, 6) is -0.613. The Morgan fingerprint density at radius 1 is 1.56 bits per heavy atom. The van der Waals surface area contributed by atoms with Crippen LogP contribution in [0.1, 0.15) is 33.6 Å². The topological polar surface area (TPSA) is 62.2 Å². The summed E-state index contributed by atoms with van der Waals surface area (Å²) in [6.07, 6.45) is 3.41. The number of aliphatic carboxylic acids is 1. The van der Waals surface area contributed by atoms with Crippen LogP contribution in [0.4, 0.5) is 5.13 Å². The fraction of sp³-hybridized carbons (Fsp3) is 0.692. The molecule has 2 rings (SSSR count). The first-order valence-corrected chi connectivity index (χ1v) is 7.19. The van der Waals surface area contributed by atoms with Crippen LogP contribution in [0, 0.1) is 17.3 Å². The summed E-state index contributed by atoms with van der Waals surface area (Å²) in [5.41, 5.74) is -0.195. The Labute approximate surface area is 111 Å². The van der Waals surface area contributed by atoms with Crippen molar-refractivity contribution in [1.82, 2.24) is 4.98 Å². The molecule has 18 heavy (non-hydrogen) atoms. The van der Waals surface area contributed by atoms with E-state index in [1.165, 1.54) is 0 Å². The highest BCUT2D eigenvalue weighted by molar-refractivity contribution is 7.13. The molecule has 2 N–H and O–H groups in total. The molecule has 1 aliphatic carbocycles. The third kappa shape index (κ3) is 2.36. The zero-order valence-electron chi connectivity index (χ0n) is 11.0. The molecular weight excluding hydrogens is 248 g/mol. The molecule has 0 aliphatic heterocycles. The lowest BCUT2D eigenvalue weighted by molar-refractivity contribution is -0.149. The van der Waals surface area contributed by atoms with E-state index in [4.69, 9.17) is 0 Å². The van der Waals surface area contributed by atoms with Crippen LogP contribution in [-0.4, -0.2) is 22.1 Å². The lowest BCUT2D eigenvalue weighted by Crippen LogP contribution is -2.48. The molecule has 1 fully saturated rings. The molecule has 0 amide bonds. The molecule has 0 bridgehead atoms. The third-order valence-electron chi connectivity index (χ3n) is 4.48. The second-order valence-corrected chi connectivity index (χ2v) is 6.56. The standard InChI is InChI=1S/C13H20N2O2S/c1-8-10(15-12-14-6-7-18-12)5-4-9(11(16)17)13(8,2)3/h6-10H,4-5H2,1-3H3,(H,14,15)(H,16,17). The fourth-order valence-corrected chi connectivity index (χ4v) is 3.49. The van der Waals surface area contributed by atoms with Crippen molar-refractivity contribution in [2.75, 3.05) is 5.32 Å². The van der Waals surface area contributed by atoms with E-state index >= 15 is 0 Å². The van der Waals surface area contributed by atoms with Crippen LogP contribution in [0.3, 0.4) is 0 Å². The van der Waals surface area contributed by atoms with Gasteiger partial charge >= 0.3 is 5.97 Å². The second-order valence-electron chi connectivity index (χ2n) is 5.67. The molecule has 0 spiro atoms. The molecule has 1 aromatic rings. The predicted molar refractivity (Wildman–Crippen MR) is 72.8 cm³/mol. The number of thiazole rings is 1. The van der Waals surface area contributed by atoms with Gasteiger partial charge in [-0.3, -0.25) is 4.79 Å². The molecule has 5 heteroatoms. The van der Waals surface area contributed by atoms with Crippen LogP contribution in [0.25, 0.3) is 0 Å². The quantitative estimate of drug-likeness (QED) is 0.884. The number of nitrogens with one attached hydrogen (secondary N) is 1. The van der Waals surface area contributed by atoms with Crippen LogP contribution in [0.15, 0.2) is 11.6 Å². The van der Waals surface area contributed by atoms with Crippen LogP contribution in [0.5, 0.6) is 0 Å². The zero-order valence-corrected chi connectivity index (χ0v) is 11.8. The first kappa shape index (κ1) is 13.3. The van der Waals surface area contributed by atoms with Gasteiger partial charge < -0.3 is 10.4 Å². The molecule has 0 aromatic carbocycles. The highest BCUT2D eigenvalue weighted by atomic mass is 32.1. The summed E-state index contributed by atoms with van der Waals surface area (Å²) < 4.78 is 0. The Morgan fingerprint density at radius 3 is 2.83 bits per heavy atom. The molecule has 1 aromatic heterocycles. The van der Waals surface area contributed by atoms with Gasteiger partial charge in [0.2, 0.25) is 0 Å². The fourth-order valence-electron chi connectivity index (χ4n) is 2.90. The Balaban J connectivity index is 2.11. The predicted octanol–water partition coefficient (Wildman–Crippen LogP) is 3.08. The SMILES string of the molecule is CC1C(Nc2nccs2)CCC(C(=O)O)C1(C)C. The van der Waals surface area contributed by atoms with E-state index in [1.54, 1.807) is 17.5 Å². The van der Waals surface area contributed by atoms with Gasteiger partial charge in [0, 0.05) is 17.6 Å². The zero-order chi connectivity index (χ0) is 13.3. The summed E-state index contributed by atoms with van der Waals surface area (Å²) in [4.78, 5) is 15.5. The highest BCUT2D eigenvalue weighted by Crippen LogP contribution is 2.45. The molecule has 0 saturated heterocycles. The van der Waals surface area contributed by atoms with Gasteiger partial charge in [0.25, 0.3) is 0 Å². The molecule has 1 aliphatic rings. The van der Waals surface area contributed by atoms with Gasteiger partial charge in [0.05, 0.1) is 5.92 Å². The van der Waals surface area contributed by atoms with E-state index in [-0.39, 0.29) is 11.3 Å². The number of carboxylic acids is 1. The van der Waals surface area contributed by atoms with Gasteiger partial charge in [-0.1, -0.05) is 20.8 Å². The Hall–Kier alpha value is -1.10. The number of rotatable bonds is 3. The highest BCUT2D eigenvalue weighted by Gasteiger charge is 2.46. The van der Waals surface area contributed by atoms with Crippen molar-refractivity contribution in [3.8, 4) is 0 Å². The maximum Gasteiger partial charge on any atom is 0.307 e. The number of hydrogen-bond donors (Lipinski definition) is 2. The second kappa shape index (κ2) is 4.88. The van der Waals surface area contributed by atoms with E-state index < -0.39 is 5.97 Å². The van der Waals surface area contributed by atoms with Crippen molar-refractivity contribution in [1.29, 1.82) is 0 Å². The molecule has 1 saturated carbocycles. The minimum absolute atomic E-state index is 0.195.